The molecule has 0 radical (unpaired) electrons. The predicted molar refractivity (Wildman–Crippen MR) is 90.8 cm³/mol. The van der Waals surface area contributed by atoms with E-state index >= 15 is 0 Å². The van der Waals surface area contributed by atoms with Crippen LogP contribution >= 0.6 is 0 Å². The van der Waals surface area contributed by atoms with Crippen molar-refractivity contribution < 1.29 is 4.79 Å². The number of rotatable bonds is 4. The fourth-order valence-electron chi connectivity index (χ4n) is 3.06. The van der Waals surface area contributed by atoms with E-state index in [1.807, 2.05) is 62.9 Å². The first-order chi connectivity index (χ1) is 10.2. The van der Waals surface area contributed by atoms with Crippen LogP contribution < -0.4 is 5.73 Å². The largest absolute Gasteiger partial charge is 0.339 e. The number of hydrogen-bond acceptors (Lipinski definition) is 3. The van der Waals surface area contributed by atoms with Crippen LogP contribution in [0.4, 0.5) is 0 Å². The first kappa shape index (κ1) is 17.0. The molecule has 0 atom stereocenters. The summed E-state index contributed by atoms with van der Waals surface area (Å²) in [5.41, 5.74) is 6.50. The van der Waals surface area contributed by atoms with Gasteiger partial charge in [-0.2, -0.15) is 0 Å². The lowest BCUT2D eigenvalue weighted by Crippen LogP contribution is -2.56. The van der Waals surface area contributed by atoms with Crippen LogP contribution in [0, 0.1) is 0 Å². The summed E-state index contributed by atoms with van der Waals surface area (Å²) in [7, 11) is 0. The van der Waals surface area contributed by atoms with E-state index in [1.54, 1.807) is 0 Å². The molecule has 122 valence electrons. The Hall–Kier alpha value is -1.39. The van der Waals surface area contributed by atoms with E-state index < -0.39 is 5.41 Å². The van der Waals surface area contributed by atoms with Gasteiger partial charge >= 0.3 is 0 Å². The molecule has 2 rings (SSSR count). The van der Waals surface area contributed by atoms with E-state index in [0.29, 0.717) is 0 Å². The highest BCUT2D eigenvalue weighted by Crippen LogP contribution is 2.26. The van der Waals surface area contributed by atoms with Gasteiger partial charge < -0.3 is 10.6 Å². The van der Waals surface area contributed by atoms with Crippen molar-refractivity contribution in [3.05, 3.63) is 35.9 Å². The van der Waals surface area contributed by atoms with E-state index in [0.717, 1.165) is 38.3 Å². The number of amides is 1. The summed E-state index contributed by atoms with van der Waals surface area (Å²) in [5.74, 6) is 0.213. The van der Waals surface area contributed by atoms with Crippen molar-refractivity contribution in [3.8, 4) is 0 Å². The molecule has 0 aromatic heterocycles. The zero-order valence-corrected chi connectivity index (χ0v) is 14.3. The molecule has 1 aliphatic heterocycles. The third kappa shape index (κ3) is 4.08. The van der Waals surface area contributed by atoms with Gasteiger partial charge in [-0.1, -0.05) is 30.3 Å². The SMILES string of the molecule is CC(C)(N)CN1CCN(C(=O)C(C)(C)c2ccccc2)CC1. The molecule has 1 heterocycles. The summed E-state index contributed by atoms with van der Waals surface area (Å²) in [6, 6.07) is 10.0. The summed E-state index contributed by atoms with van der Waals surface area (Å²) in [4.78, 5) is 17.2. The quantitative estimate of drug-likeness (QED) is 0.923. The zero-order valence-electron chi connectivity index (χ0n) is 14.3. The minimum atomic E-state index is -0.476. The van der Waals surface area contributed by atoms with Gasteiger partial charge in [0.2, 0.25) is 5.91 Å². The molecule has 4 nitrogen and oxygen atoms in total. The topological polar surface area (TPSA) is 49.6 Å². The number of nitrogens with two attached hydrogens (primary N) is 1. The molecule has 2 N–H and O–H groups in total. The highest BCUT2D eigenvalue weighted by Gasteiger charge is 2.35. The summed E-state index contributed by atoms with van der Waals surface area (Å²) >= 11 is 0. The maximum Gasteiger partial charge on any atom is 0.232 e. The number of carbonyl (C=O) groups excluding carboxylic acids is 1. The molecule has 22 heavy (non-hydrogen) atoms. The van der Waals surface area contributed by atoms with E-state index in [9.17, 15) is 4.79 Å². The fraction of sp³-hybridized carbons (Fsp3) is 0.611. The maximum absolute atomic E-state index is 12.9. The van der Waals surface area contributed by atoms with Crippen LogP contribution in [0.1, 0.15) is 33.3 Å². The van der Waals surface area contributed by atoms with Gasteiger partial charge in [0.25, 0.3) is 0 Å². The molecule has 1 aromatic rings. The molecule has 1 fully saturated rings. The Bertz CT molecular complexity index is 497. The lowest BCUT2D eigenvalue weighted by atomic mass is 9.83. The molecule has 0 unspecified atom stereocenters. The van der Waals surface area contributed by atoms with Crippen LogP contribution in [0.25, 0.3) is 0 Å². The van der Waals surface area contributed by atoms with Crippen LogP contribution in [-0.4, -0.2) is 54.0 Å². The number of hydrogen-bond donors (Lipinski definition) is 1. The van der Waals surface area contributed by atoms with Crippen molar-refractivity contribution >= 4 is 5.91 Å². The second-order valence-corrected chi connectivity index (χ2v) is 7.55. The molecular formula is C18H29N3O. The molecule has 0 spiro atoms. The third-order valence-electron chi connectivity index (χ3n) is 4.32. The van der Waals surface area contributed by atoms with Gasteiger partial charge in [0.15, 0.2) is 0 Å². The molecular weight excluding hydrogens is 274 g/mol. The van der Waals surface area contributed by atoms with Gasteiger partial charge in [0.05, 0.1) is 5.41 Å². The van der Waals surface area contributed by atoms with Gasteiger partial charge in [-0.25, -0.2) is 0 Å². The van der Waals surface area contributed by atoms with Crippen molar-refractivity contribution in [3.63, 3.8) is 0 Å². The Balaban J connectivity index is 1.98. The zero-order chi connectivity index (χ0) is 16.4. The minimum absolute atomic E-state index is 0.185. The molecule has 1 aromatic carbocycles. The lowest BCUT2D eigenvalue weighted by molar-refractivity contribution is -0.138. The fourth-order valence-corrected chi connectivity index (χ4v) is 3.06. The molecule has 1 aliphatic rings. The minimum Gasteiger partial charge on any atom is -0.339 e. The van der Waals surface area contributed by atoms with Crippen molar-refractivity contribution in [1.82, 2.24) is 9.80 Å². The Morgan fingerprint density at radius 1 is 1.05 bits per heavy atom. The third-order valence-corrected chi connectivity index (χ3v) is 4.32. The Labute approximate surface area is 134 Å². The van der Waals surface area contributed by atoms with Crippen LogP contribution in [0.2, 0.25) is 0 Å². The Kier molecular flexibility index (Phi) is 4.93. The van der Waals surface area contributed by atoms with E-state index in [1.165, 1.54) is 0 Å². The number of carbonyl (C=O) groups is 1. The van der Waals surface area contributed by atoms with Crippen molar-refractivity contribution in [2.45, 2.75) is 38.6 Å². The predicted octanol–water partition coefficient (Wildman–Crippen LogP) is 1.85. The first-order valence-corrected chi connectivity index (χ1v) is 8.06. The summed E-state index contributed by atoms with van der Waals surface area (Å²) < 4.78 is 0. The first-order valence-electron chi connectivity index (χ1n) is 8.06. The Morgan fingerprint density at radius 2 is 1.59 bits per heavy atom. The lowest BCUT2D eigenvalue weighted by Gasteiger charge is -2.40. The molecule has 4 heteroatoms. The van der Waals surface area contributed by atoms with E-state index in [-0.39, 0.29) is 11.4 Å². The van der Waals surface area contributed by atoms with Crippen LogP contribution in [0.3, 0.4) is 0 Å². The number of nitrogens with zero attached hydrogens (tertiary/aromatic N) is 2. The molecule has 1 amide bonds. The smallest absolute Gasteiger partial charge is 0.232 e. The second-order valence-electron chi connectivity index (χ2n) is 7.55. The average molecular weight is 303 g/mol. The highest BCUT2D eigenvalue weighted by atomic mass is 16.2. The summed E-state index contributed by atoms with van der Waals surface area (Å²) in [5, 5.41) is 0. The van der Waals surface area contributed by atoms with E-state index in [2.05, 4.69) is 4.90 Å². The molecule has 0 aliphatic carbocycles. The van der Waals surface area contributed by atoms with E-state index in [4.69, 9.17) is 5.73 Å². The standard InChI is InChI=1S/C18H29N3O/c1-17(2,19)14-20-10-12-21(13-11-20)16(22)18(3,4)15-8-6-5-7-9-15/h5-9H,10-14,19H2,1-4H3. The summed E-state index contributed by atoms with van der Waals surface area (Å²) in [6.45, 7) is 12.4. The maximum atomic E-state index is 12.9. The van der Waals surface area contributed by atoms with Crippen LogP contribution in [0.15, 0.2) is 30.3 Å². The van der Waals surface area contributed by atoms with Gasteiger partial charge in [0.1, 0.15) is 0 Å². The molecule has 0 bridgehead atoms. The van der Waals surface area contributed by atoms with Gasteiger partial charge in [-0.3, -0.25) is 9.69 Å². The van der Waals surface area contributed by atoms with Crippen molar-refractivity contribution in [1.29, 1.82) is 0 Å². The number of benzene rings is 1. The van der Waals surface area contributed by atoms with Crippen molar-refractivity contribution in [2.24, 2.45) is 5.73 Å². The van der Waals surface area contributed by atoms with Crippen LogP contribution in [0.5, 0.6) is 0 Å². The second kappa shape index (κ2) is 6.39. The Morgan fingerprint density at radius 3 is 2.09 bits per heavy atom. The van der Waals surface area contributed by atoms with Crippen molar-refractivity contribution in [2.75, 3.05) is 32.7 Å². The number of piperazine rings is 1. The molecule has 0 saturated carbocycles. The highest BCUT2D eigenvalue weighted by molar-refractivity contribution is 5.87. The molecule has 1 saturated heterocycles. The van der Waals surface area contributed by atoms with Gasteiger partial charge in [-0.15, -0.1) is 0 Å². The van der Waals surface area contributed by atoms with Gasteiger partial charge in [0, 0.05) is 38.3 Å². The monoisotopic (exact) mass is 303 g/mol. The van der Waals surface area contributed by atoms with Gasteiger partial charge in [-0.05, 0) is 33.3 Å². The average Bonchev–Trinajstić information content (AvgIpc) is 2.46. The normalized spacial score (nSPS) is 17.6. The summed E-state index contributed by atoms with van der Waals surface area (Å²) in [6.07, 6.45) is 0. The van der Waals surface area contributed by atoms with Crippen LogP contribution in [-0.2, 0) is 10.2 Å².